The molecule has 0 rings (SSSR count). The third kappa shape index (κ3) is 21.8. The first-order valence-electron chi connectivity index (χ1n) is 14.1. The predicted molar refractivity (Wildman–Crippen MR) is 142 cm³/mol. The molecule has 0 bridgehead atoms. The summed E-state index contributed by atoms with van der Waals surface area (Å²) in [4.78, 5) is 11.8. The van der Waals surface area contributed by atoms with E-state index in [-0.39, 0.29) is 12.1 Å². The van der Waals surface area contributed by atoms with Crippen molar-refractivity contribution in [1.29, 1.82) is 0 Å². The molecule has 0 amide bonds. The monoisotopic (exact) mass is 505 g/mol. The Morgan fingerprint density at radius 2 is 1.24 bits per heavy atom. The molecule has 0 aliphatic heterocycles. The molecule has 0 aromatic rings. The predicted octanol–water partition coefficient (Wildman–Crippen LogP) is 6.60. The van der Waals surface area contributed by atoms with E-state index in [4.69, 9.17) is 4.74 Å². The Labute approximate surface area is 211 Å². The van der Waals surface area contributed by atoms with Gasteiger partial charge in [0.1, 0.15) is 0 Å². The maximum absolute atomic E-state index is 12.1. The first kappa shape index (κ1) is 33.3. The zero-order chi connectivity index (χ0) is 25.5. The average Bonchev–Trinajstić information content (AvgIpc) is 2.78. The van der Waals surface area contributed by atoms with Gasteiger partial charge in [0.05, 0.1) is 19.0 Å². The van der Waals surface area contributed by atoms with Gasteiger partial charge in [-0.3, -0.25) is 4.79 Å². The van der Waals surface area contributed by atoms with E-state index in [9.17, 15) is 18.3 Å². The zero-order valence-electron chi connectivity index (χ0n) is 22.6. The zero-order valence-corrected chi connectivity index (χ0v) is 23.4. The number of hydrogen-bond donors (Lipinski definition) is 1. The van der Waals surface area contributed by atoms with Crippen molar-refractivity contribution in [2.45, 2.75) is 142 Å². The summed E-state index contributed by atoms with van der Waals surface area (Å²) < 4.78 is 31.0. The number of carbonyl (C=O) groups is 1. The fourth-order valence-electron chi connectivity index (χ4n) is 4.13. The molecular weight excluding hydrogens is 450 g/mol. The van der Waals surface area contributed by atoms with Crippen molar-refractivity contribution >= 4 is 16.0 Å². The standard InChI is InChI=1S/C27H55NO5S/c1-4-6-8-9-10-11-14-18-25-33-27(30)22-16-12-13-17-23-28(34(3,31)32)24-19-21-26(29)20-15-7-5-2/h26,29H,4-25H2,1-3H3. The SMILES string of the molecule is CCCCCCCCCCOC(=O)CCCCCCN(CCCC(O)CCCCC)S(C)(=O)=O. The van der Waals surface area contributed by atoms with Gasteiger partial charge in [0.25, 0.3) is 0 Å². The van der Waals surface area contributed by atoms with Crippen molar-refractivity contribution in [3.8, 4) is 0 Å². The van der Waals surface area contributed by atoms with Gasteiger partial charge in [-0.15, -0.1) is 0 Å². The Hall–Kier alpha value is -0.660. The van der Waals surface area contributed by atoms with Crippen LogP contribution in [0.4, 0.5) is 0 Å². The second kappa shape index (κ2) is 22.8. The molecule has 0 fully saturated rings. The molecular formula is C27H55NO5S. The van der Waals surface area contributed by atoms with Gasteiger partial charge in [-0.25, -0.2) is 12.7 Å². The number of aliphatic hydroxyl groups excluding tert-OH is 1. The van der Waals surface area contributed by atoms with Crippen LogP contribution >= 0.6 is 0 Å². The van der Waals surface area contributed by atoms with Crippen LogP contribution < -0.4 is 0 Å². The number of esters is 1. The first-order chi connectivity index (χ1) is 16.3. The van der Waals surface area contributed by atoms with Gasteiger partial charge in [0.15, 0.2) is 0 Å². The highest BCUT2D eigenvalue weighted by molar-refractivity contribution is 7.88. The summed E-state index contributed by atoms with van der Waals surface area (Å²) in [6.07, 6.45) is 20.0. The van der Waals surface area contributed by atoms with Gasteiger partial charge >= 0.3 is 5.97 Å². The number of carbonyl (C=O) groups excluding carboxylic acids is 1. The number of sulfonamides is 1. The van der Waals surface area contributed by atoms with E-state index in [0.29, 0.717) is 39.0 Å². The number of nitrogens with zero attached hydrogens (tertiary/aromatic N) is 1. The highest BCUT2D eigenvalue weighted by Gasteiger charge is 2.16. The van der Waals surface area contributed by atoms with E-state index in [1.165, 1.54) is 49.1 Å². The molecule has 1 N–H and O–H groups in total. The van der Waals surface area contributed by atoms with Crippen LogP contribution in [0.1, 0.15) is 136 Å². The molecule has 0 spiro atoms. The lowest BCUT2D eigenvalue weighted by Gasteiger charge is -2.20. The molecule has 204 valence electrons. The molecule has 0 aromatic carbocycles. The molecule has 6 nitrogen and oxygen atoms in total. The van der Waals surface area contributed by atoms with Crippen molar-refractivity contribution in [1.82, 2.24) is 4.31 Å². The summed E-state index contributed by atoms with van der Waals surface area (Å²) in [6.45, 7) is 5.88. The largest absolute Gasteiger partial charge is 0.466 e. The minimum atomic E-state index is -3.24. The van der Waals surface area contributed by atoms with E-state index in [1.54, 1.807) is 0 Å². The van der Waals surface area contributed by atoms with E-state index in [1.807, 2.05) is 0 Å². The molecule has 1 atom stereocenters. The van der Waals surface area contributed by atoms with Crippen LogP contribution in [0.15, 0.2) is 0 Å². The Balaban J connectivity index is 3.75. The lowest BCUT2D eigenvalue weighted by molar-refractivity contribution is -0.143. The maximum Gasteiger partial charge on any atom is 0.305 e. The fourth-order valence-corrected chi connectivity index (χ4v) is 5.05. The highest BCUT2D eigenvalue weighted by atomic mass is 32.2. The van der Waals surface area contributed by atoms with E-state index in [2.05, 4.69) is 13.8 Å². The van der Waals surface area contributed by atoms with Crippen LogP contribution in [0, 0.1) is 0 Å². The minimum absolute atomic E-state index is 0.113. The summed E-state index contributed by atoms with van der Waals surface area (Å²) in [5.74, 6) is -0.113. The van der Waals surface area contributed by atoms with Crippen molar-refractivity contribution in [2.75, 3.05) is 26.0 Å². The summed E-state index contributed by atoms with van der Waals surface area (Å²) in [6, 6.07) is 0. The van der Waals surface area contributed by atoms with E-state index in [0.717, 1.165) is 64.2 Å². The molecule has 1 unspecified atom stereocenters. The van der Waals surface area contributed by atoms with Gasteiger partial charge < -0.3 is 9.84 Å². The molecule has 0 aliphatic rings. The Morgan fingerprint density at radius 1 is 0.735 bits per heavy atom. The second-order valence-electron chi connectivity index (χ2n) is 9.81. The van der Waals surface area contributed by atoms with E-state index < -0.39 is 10.0 Å². The first-order valence-corrected chi connectivity index (χ1v) is 15.9. The fraction of sp³-hybridized carbons (Fsp3) is 0.963. The minimum Gasteiger partial charge on any atom is -0.466 e. The molecule has 0 aromatic heterocycles. The van der Waals surface area contributed by atoms with Gasteiger partial charge in [-0.2, -0.15) is 0 Å². The van der Waals surface area contributed by atoms with Gasteiger partial charge in [0.2, 0.25) is 10.0 Å². The second-order valence-corrected chi connectivity index (χ2v) is 11.8. The van der Waals surface area contributed by atoms with Crippen molar-refractivity contribution in [3.63, 3.8) is 0 Å². The third-order valence-corrected chi connectivity index (χ3v) is 7.66. The number of aliphatic hydroxyl groups is 1. The summed E-state index contributed by atoms with van der Waals surface area (Å²) in [5.41, 5.74) is 0. The number of unbranched alkanes of at least 4 members (excludes halogenated alkanes) is 12. The van der Waals surface area contributed by atoms with E-state index >= 15 is 0 Å². The van der Waals surface area contributed by atoms with Gasteiger partial charge in [-0.05, 0) is 38.5 Å². The average molecular weight is 506 g/mol. The van der Waals surface area contributed by atoms with Crippen LogP contribution in [-0.2, 0) is 19.6 Å². The number of ether oxygens (including phenoxy) is 1. The van der Waals surface area contributed by atoms with Crippen molar-refractivity contribution in [3.05, 3.63) is 0 Å². The van der Waals surface area contributed by atoms with Gasteiger partial charge in [0, 0.05) is 19.5 Å². The number of rotatable bonds is 25. The molecule has 34 heavy (non-hydrogen) atoms. The quantitative estimate of drug-likeness (QED) is 0.112. The van der Waals surface area contributed by atoms with Crippen molar-refractivity contribution in [2.24, 2.45) is 0 Å². The smallest absolute Gasteiger partial charge is 0.305 e. The normalized spacial score (nSPS) is 12.9. The molecule has 0 heterocycles. The third-order valence-electron chi connectivity index (χ3n) is 6.35. The van der Waals surface area contributed by atoms with Crippen molar-refractivity contribution < 1.29 is 23.1 Å². The van der Waals surface area contributed by atoms with Crippen LogP contribution in [0.3, 0.4) is 0 Å². The van der Waals surface area contributed by atoms with Crippen LogP contribution in [0.5, 0.6) is 0 Å². The molecule has 7 heteroatoms. The topological polar surface area (TPSA) is 83.9 Å². The highest BCUT2D eigenvalue weighted by Crippen LogP contribution is 2.12. The van der Waals surface area contributed by atoms with Crippen LogP contribution in [0.25, 0.3) is 0 Å². The lowest BCUT2D eigenvalue weighted by atomic mass is 10.1. The number of hydrogen-bond acceptors (Lipinski definition) is 5. The lowest BCUT2D eigenvalue weighted by Crippen LogP contribution is -2.32. The Morgan fingerprint density at radius 3 is 1.88 bits per heavy atom. The van der Waals surface area contributed by atoms with Gasteiger partial charge in [-0.1, -0.05) is 90.9 Å². The summed E-state index contributed by atoms with van der Waals surface area (Å²) in [7, 11) is -3.24. The Kier molecular flexibility index (Phi) is 22.3. The Bertz CT molecular complexity index is 567. The summed E-state index contributed by atoms with van der Waals surface area (Å²) >= 11 is 0. The molecule has 0 aliphatic carbocycles. The maximum atomic E-state index is 12.1. The molecule has 0 saturated heterocycles. The molecule has 0 saturated carbocycles. The van der Waals surface area contributed by atoms with Crippen LogP contribution in [-0.4, -0.2) is 55.9 Å². The molecule has 0 radical (unpaired) electrons. The summed E-state index contributed by atoms with van der Waals surface area (Å²) in [5, 5.41) is 10.0. The van der Waals surface area contributed by atoms with Crippen LogP contribution in [0.2, 0.25) is 0 Å².